The van der Waals surface area contributed by atoms with Crippen molar-refractivity contribution in [2.75, 3.05) is 26.7 Å². The van der Waals surface area contributed by atoms with Crippen molar-refractivity contribution in [2.45, 2.75) is 101 Å². The van der Waals surface area contributed by atoms with Gasteiger partial charge in [-0.2, -0.15) is 23.5 Å². The minimum Gasteiger partial charge on any atom is -0.467 e. The highest BCUT2D eigenvalue weighted by Crippen LogP contribution is 2.30. The number of methoxy groups -OCH3 is 2. The van der Waals surface area contributed by atoms with E-state index in [4.69, 9.17) is 9.47 Å². The van der Waals surface area contributed by atoms with Crippen LogP contribution in [0, 0.1) is 0 Å². The Balaban J connectivity index is 4.01. The van der Waals surface area contributed by atoms with E-state index < -0.39 is 6.10 Å². The lowest BCUT2D eigenvalue weighted by molar-refractivity contribution is -0.152. The van der Waals surface area contributed by atoms with E-state index >= 15 is 0 Å². The van der Waals surface area contributed by atoms with Gasteiger partial charge in [0.25, 0.3) is 0 Å². The average Bonchev–Trinajstić information content (AvgIpc) is 2.67. The normalized spacial score (nSPS) is 14.8. The summed E-state index contributed by atoms with van der Waals surface area (Å²) in [4.78, 5) is 11.6. The van der Waals surface area contributed by atoms with Gasteiger partial charge in [0.1, 0.15) is 0 Å². The van der Waals surface area contributed by atoms with Crippen LogP contribution in [0.1, 0.15) is 84.0 Å². The zero-order chi connectivity index (χ0) is 19.6. The summed E-state index contributed by atoms with van der Waals surface area (Å²) in [6, 6.07) is 0. The van der Waals surface area contributed by atoms with Crippen molar-refractivity contribution in [3.05, 3.63) is 0 Å². The molecule has 0 rings (SSSR count). The standard InChI is InChI=1S/C21H42O3S2/c1-6-7-8-9-10-11-12-13-16-19(25-4)20(26-5)17-14-15-18(23-2)21(22)24-3/h18-20H,6-17H2,1-5H3. The van der Waals surface area contributed by atoms with Crippen molar-refractivity contribution in [3.8, 4) is 0 Å². The highest BCUT2D eigenvalue weighted by molar-refractivity contribution is 8.03. The first kappa shape index (κ1) is 26.1. The fraction of sp³-hybridized carbons (Fsp3) is 0.952. The number of unbranched alkanes of at least 4 members (excludes halogenated alkanes) is 7. The molecule has 0 N–H and O–H groups in total. The van der Waals surface area contributed by atoms with Gasteiger partial charge in [0.05, 0.1) is 7.11 Å². The number of ether oxygens (including phenoxy) is 2. The van der Waals surface area contributed by atoms with Gasteiger partial charge in [-0.3, -0.25) is 0 Å². The average molecular weight is 407 g/mol. The fourth-order valence-corrected chi connectivity index (χ4v) is 5.71. The molecular formula is C21H42O3S2. The van der Waals surface area contributed by atoms with Crippen LogP contribution in [0.15, 0.2) is 0 Å². The van der Waals surface area contributed by atoms with Gasteiger partial charge in [-0.15, -0.1) is 0 Å². The van der Waals surface area contributed by atoms with E-state index in [0.717, 1.165) is 19.3 Å². The lowest BCUT2D eigenvalue weighted by Crippen LogP contribution is -2.25. The maximum Gasteiger partial charge on any atom is 0.334 e. The summed E-state index contributed by atoms with van der Waals surface area (Å²) in [7, 11) is 3.01. The van der Waals surface area contributed by atoms with Crippen molar-refractivity contribution in [2.24, 2.45) is 0 Å². The fourth-order valence-electron chi connectivity index (χ4n) is 3.36. The first-order chi connectivity index (χ1) is 12.6. The molecule has 0 heterocycles. The molecule has 5 heteroatoms. The summed E-state index contributed by atoms with van der Waals surface area (Å²) in [5.74, 6) is -0.256. The molecule has 0 radical (unpaired) electrons. The Morgan fingerprint density at radius 3 is 1.73 bits per heavy atom. The largest absolute Gasteiger partial charge is 0.467 e. The van der Waals surface area contributed by atoms with Crippen LogP contribution in [0.5, 0.6) is 0 Å². The van der Waals surface area contributed by atoms with Gasteiger partial charge in [-0.1, -0.05) is 58.3 Å². The molecule has 0 aromatic carbocycles. The third kappa shape index (κ3) is 12.5. The van der Waals surface area contributed by atoms with E-state index in [-0.39, 0.29) is 5.97 Å². The third-order valence-electron chi connectivity index (χ3n) is 5.07. The second-order valence-corrected chi connectivity index (χ2v) is 9.14. The Morgan fingerprint density at radius 2 is 1.27 bits per heavy atom. The molecule has 0 amide bonds. The molecule has 0 bridgehead atoms. The number of hydrogen-bond acceptors (Lipinski definition) is 5. The Bertz CT molecular complexity index is 326. The van der Waals surface area contributed by atoms with Crippen molar-refractivity contribution in [1.82, 2.24) is 0 Å². The molecule has 3 atom stereocenters. The summed E-state index contributed by atoms with van der Waals surface area (Å²) in [5, 5.41) is 1.37. The molecule has 3 unspecified atom stereocenters. The van der Waals surface area contributed by atoms with Crippen LogP contribution in [-0.4, -0.2) is 49.3 Å². The number of carbonyl (C=O) groups is 1. The topological polar surface area (TPSA) is 35.5 Å². The molecule has 0 aliphatic carbocycles. The maximum atomic E-state index is 11.6. The number of thioether (sulfide) groups is 2. The molecule has 0 aliphatic rings. The Hall–Kier alpha value is 0.130. The van der Waals surface area contributed by atoms with Crippen molar-refractivity contribution < 1.29 is 14.3 Å². The number of rotatable bonds is 18. The van der Waals surface area contributed by atoms with Crippen LogP contribution in [0.25, 0.3) is 0 Å². The second kappa shape index (κ2) is 18.5. The summed E-state index contributed by atoms with van der Waals surface area (Å²) in [6.07, 6.45) is 19.3. The summed E-state index contributed by atoms with van der Waals surface area (Å²) in [5.41, 5.74) is 0. The van der Waals surface area contributed by atoms with Gasteiger partial charge < -0.3 is 9.47 Å². The summed E-state index contributed by atoms with van der Waals surface area (Å²) in [6.45, 7) is 2.27. The van der Waals surface area contributed by atoms with Crippen molar-refractivity contribution >= 4 is 29.5 Å². The lowest BCUT2D eigenvalue weighted by atomic mass is 10.0. The van der Waals surface area contributed by atoms with Gasteiger partial charge in [0.2, 0.25) is 0 Å². The molecule has 0 aliphatic heterocycles. The molecule has 0 saturated carbocycles. The Kier molecular flexibility index (Phi) is 18.6. The smallest absolute Gasteiger partial charge is 0.334 e. The van der Waals surface area contributed by atoms with E-state index in [2.05, 4.69) is 19.4 Å². The molecule has 0 spiro atoms. The van der Waals surface area contributed by atoms with Gasteiger partial charge >= 0.3 is 5.97 Å². The van der Waals surface area contributed by atoms with Crippen LogP contribution in [0.4, 0.5) is 0 Å². The van der Waals surface area contributed by atoms with E-state index in [9.17, 15) is 4.79 Å². The van der Waals surface area contributed by atoms with Crippen molar-refractivity contribution in [1.29, 1.82) is 0 Å². The zero-order valence-corrected chi connectivity index (χ0v) is 19.4. The number of esters is 1. The summed E-state index contributed by atoms with van der Waals surface area (Å²) < 4.78 is 10.0. The van der Waals surface area contributed by atoms with Crippen LogP contribution in [-0.2, 0) is 14.3 Å². The molecule has 0 fully saturated rings. The van der Waals surface area contributed by atoms with Crippen LogP contribution in [0.2, 0.25) is 0 Å². The SMILES string of the molecule is CCCCCCCCCCC(SC)C(CCCC(OC)C(=O)OC)SC. The Morgan fingerprint density at radius 1 is 0.769 bits per heavy atom. The molecule has 0 aromatic heterocycles. The second-order valence-electron chi connectivity index (χ2n) is 6.99. The third-order valence-corrected chi connectivity index (χ3v) is 7.58. The molecule has 3 nitrogen and oxygen atoms in total. The quantitative estimate of drug-likeness (QED) is 0.196. The highest BCUT2D eigenvalue weighted by Gasteiger charge is 2.22. The van der Waals surface area contributed by atoms with Crippen LogP contribution in [0.3, 0.4) is 0 Å². The van der Waals surface area contributed by atoms with Gasteiger partial charge in [-0.25, -0.2) is 4.79 Å². The minimum absolute atomic E-state index is 0.256. The molecule has 156 valence electrons. The Labute approximate surface area is 171 Å². The number of carbonyl (C=O) groups excluding carboxylic acids is 1. The highest BCUT2D eigenvalue weighted by atomic mass is 32.2. The lowest BCUT2D eigenvalue weighted by Gasteiger charge is -2.25. The molecule has 26 heavy (non-hydrogen) atoms. The minimum atomic E-state index is -0.414. The molecule has 0 saturated heterocycles. The van der Waals surface area contributed by atoms with Gasteiger partial charge in [0.15, 0.2) is 6.10 Å². The predicted molar refractivity (Wildman–Crippen MR) is 118 cm³/mol. The van der Waals surface area contributed by atoms with Gasteiger partial charge in [-0.05, 0) is 38.2 Å². The monoisotopic (exact) mass is 406 g/mol. The number of hydrogen-bond donors (Lipinski definition) is 0. The van der Waals surface area contributed by atoms with E-state index in [1.807, 2.05) is 23.5 Å². The van der Waals surface area contributed by atoms with E-state index in [0.29, 0.717) is 10.5 Å². The maximum absolute atomic E-state index is 11.6. The molecule has 0 aromatic rings. The predicted octanol–water partition coefficient (Wildman–Crippen LogP) is 6.34. The van der Waals surface area contributed by atoms with E-state index in [1.54, 1.807) is 7.11 Å². The van der Waals surface area contributed by atoms with Crippen LogP contribution >= 0.6 is 23.5 Å². The van der Waals surface area contributed by atoms with Crippen molar-refractivity contribution in [3.63, 3.8) is 0 Å². The van der Waals surface area contributed by atoms with Gasteiger partial charge in [0, 0.05) is 17.6 Å². The first-order valence-corrected chi connectivity index (χ1v) is 12.9. The summed E-state index contributed by atoms with van der Waals surface area (Å²) >= 11 is 3.98. The van der Waals surface area contributed by atoms with Crippen LogP contribution < -0.4 is 0 Å². The first-order valence-electron chi connectivity index (χ1n) is 10.3. The molecular weight excluding hydrogens is 364 g/mol. The van der Waals surface area contributed by atoms with E-state index in [1.165, 1.54) is 64.9 Å². The zero-order valence-electron chi connectivity index (χ0n) is 17.8.